The van der Waals surface area contributed by atoms with Crippen LogP contribution in [0.3, 0.4) is 0 Å². The van der Waals surface area contributed by atoms with Gasteiger partial charge in [-0.25, -0.2) is 18.7 Å². The zero-order valence-electron chi connectivity index (χ0n) is 20.2. The Kier molecular flexibility index (Phi) is 9.17. The quantitative estimate of drug-likeness (QED) is 0.354. The van der Waals surface area contributed by atoms with Gasteiger partial charge in [-0.2, -0.15) is 0 Å². The van der Waals surface area contributed by atoms with Gasteiger partial charge in [0.2, 0.25) is 0 Å². The molecule has 3 aromatic rings. The molecule has 2 aromatic heterocycles. The number of aliphatic imine (C=N–C) groups is 1. The van der Waals surface area contributed by atoms with Crippen LogP contribution in [-0.4, -0.2) is 30.7 Å². The third-order valence-electron chi connectivity index (χ3n) is 5.44. The molecule has 2 unspecified atom stereocenters. The maximum atomic E-state index is 15.6. The lowest BCUT2D eigenvalue weighted by Gasteiger charge is -2.16. The predicted octanol–water partition coefficient (Wildman–Crippen LogP) is 5.61. The molecule has 0 N–H and O–H groups in total. The van der Waals surface area contributed by atoms with E-state index in [2.05, 4.69) is 15.0 Å². The average Bonchev–Trinajstić information content (AvgIpc) is 2.85. The third kappa shape index (κ3) is 6.09. The van der Waals surface area contributed by atoms with Gasteiger partial charge in [-0.05, 0) is 55.5 Å². The molecule has 0 aliphatic rings. The number of benzene rings is 1. The molecule has 0 fully saturated rings. The lowest BCUT2D eigenvalue weighted by Crippen LogP contribution is -2.22. The molecule has 0 saturated heterocycles. The first-order chi connectivity index (χ1) is 17.1. The Bertz CT molecular complexity index is 1440. The van der Waals surface area contributed by atoms with Crippen LogP contribution in [0.1, 0.15) is 42.1 Å². The molecule has 3 rings (SSSR count). The number of aryl methyl sites for hydroxylation is 1. The minimum absolute atomic E-state index is 0.0458. The van der Waals surface area contributed by atoms with E-state index in [1.165, 1.54) is 37.0 Å². The molecule has 0 bridgehead atoms. The van der Waals surface area contributed by atoms with E-state index in [0.29, 0.717) is 17.7 Å². The van der Waals surface area contributed by atoms with Gasteiger partial charge in [0, 0.05) is 36.1 Å². The maximum absolute atomic E-state index is 15.6. The van der Waals surface area contributed by atoms with Crippen LogP contribution in [0.2, 0.25) is 5.02 Å². The van der Waals surface area contributed by atoms with Gasteiger partial charge in [-0.1, -0.05) is 30.7 Å². The van der Waals surface area contributed by atoms with E-state index < -0.39 is 28.0 Å². The molecule has 2 atom stereocenters. The summed E-state index contributed by atoms with van der Waals surface area (Å²) in [5, 5.41) is -0.0458. The van der Waals surface area contributed by atoms with E-state index in [9.17, 15) is 9.00 Å². The standard InChI is InChI=1S/C26H25ClF2N4O2S/c1-5-9-32-25(19-7-6-8-22(24(19)29)36(4)35)21(28)14-33-17(3)11-20(23(27)26(33)34)16(2)10-18-12-30-15-31-13-18/h5-9,11-16H,10H2,1-4H3/b9-5+,21-14-,32-25+. The highest BCUT2D eigenvalue weighted by molar-refractivity contribution is 7.84. The fourth-order valence-electron chi connectivity index (χ4n) is 3.66. The molecular weight excluding hydrogens is 506 g/mol. The normalized spacial score (nSPS) is 14.3. The Labute approximate surface area is 215 Å². The number of halogens is 3. The van der Waals surface area contributed by atoms with E-state index in [1.807, 2.05) is 6.92 Å². The molecule has 188 valence electrons. The van der Waals surface area contributed by atoms with Gasteiger partial charge in [-0.15, -0.1) is 0 Å². The minimum atomic E-state index is -1.63. The van der Waals surface area contributed by atoms with E-state index in [-0.39, 0.29) is 27.1 Å². The second kappa shape index (κ2) is 12.1. The van der Waals surface area contributed by atoms with E-state index in [0.717, 1.165) is 16.3 Å². The summed E-state index contributed by atoms with van der Waals surface area (Å²) in [6.07, 6.45) is 10.5. The molecule has 10 heteroatoms. The van der Waals surface area contributed by atoms with E-state index in [1.54, 1.807) is 38.4 Å². The number of hydrogen-bond acceptors (Lipinski definition) is 5. The lowest BCUT2D eigenvalue weighted by molar-refractivity contribution is 0.591. The van der Waals surface area contributed by atoms with Crippen molar-refractivity contribution in [2.24, 2.45) is 4.99 Å². The minimum Gasteiger partial charge on any atom is -0.284 e. The second-order valence-corrected chi connectivity index (χ2v) is 9.82. The summed E-state index contributed by atoms with van der Waals surface area (Å²) in [4.78, 5) is 25.1. The molecule has 2 heterocycles. The second-order valence-electron chi connectivity index (χ2n) is 8.09. The number of rotatable bonds is 8. The van der Waals surface area contributed by atoms with Crippen LogP contribution in [-0.2, 0) is 17.2 Å². The van der Waals surface area contributed by atoms with Gasteiger partial charge in [0.05, 0.1) is 21.9 Å². The van der Waals surface area contributed by atoms with Crippen LogP contribution in [0.25, 0.3) is 6.20 Å². The molecule has 6 nitrogen and oxygen atoms in total. The van der Waals surface area contributed by atoms with Gasteiger partial charge in [-0.3, -0.25) is 18.6 Å². The Morgan fingerprint density at radius 3 is 2.64 bits per heavy atom. The molecule has 0 amide bonds. The van der Waals surface area contributed by atoms with Crippen LogP contribution in [0.15, 0.2) is 75.8 Å². The number of nitrogens with zero attached hydrogens (tertiary/aromatic N) is 4. The zero-order chi connectivity index (χ0) is 26.4. The highest BCUT2D eigenvalue weighted by Gasteiger charge is 2.21. The summed E-state index contributed by atoms with van der Waals surface area (Å²) >= 11 is 6.42. The fraction of sp³-hybridized carbons (Fsp3) is 0.231. The van der Waals surface area contributed by atoms with Crippen LogP contribution in [0, 0.1) is 12.7 Å². The molecule has 0 radical (unpaired) electrons. The summed E-state index contributed by atoms with van der Waals surface area (Å²) in [5.74, 6) is -1.94. The summed E-state index contributed by atoms with van der Waals surface area (Å²) in [6.45, 7) is 5.24. The summed E-state index contributed by atoms with van der Waals surface area (Å²) in [5.41, 5.74) is 0.784. The molecule has 0 spiro atoms. The summed E-state index contributed by atoms with van der Waals surface area (Å²) in [7, 11) is -1.63. The SMILES string of the molecule is C/C=C/N=C(/C(F)=C/n1c(C)cc(C(C)Cc2cncnc2)c(Cl)c1=O)c1cccc(S(C)=O)c1F. The van der Waals surface area contributed by atoms with E-state index >= 15 is 8.78 Å². The number of allylic oxidation sites excluding steroid dienone is 2. The highest BCUT2D eigenvalue weighted by atomic mass is 35.5. The fourth-order valence-corrected chi connectivity index (χ4v) is 4.63. The van der Waals surface area contributed by atoms with Crippen molar-refractivity contribution < 1.29 is 13.0 Å². The van der Waals surface area contributed by atoms with Crippen LogP contribution < -0.4 is 5.56 Å². The lowest BCUT2D eigenvalue weighted by atomic mass is 9.95. The van der Waals surface area contributed by atoms with Gasteiger partial charge in [0.1, 0.15) is 22.9 Å². The van der Waals surface area contributed by atoms with Crippen molar-refractivity contribution in [1.82, 2.24) is 14.5 Å². The van der Waals surface area contributed by atoms with Crippen molar-refractivity contribution >= 4 is 34.3 Å². The summed E-state index contributed by atoms with van der Waals surface area (Å²) in [6, 6.07) is 5.88. The smallest absolute Gasteiger partial charge is 0.273 e. The van der Waals surface area contributed by atoms with Crippen molar-refractivity contribution in [3.63, 3.8) is 0 Å². The van der Waals surface area contributed by atoms with Crippen molar-refractivity contribution in [3.8, 4) is 0 Å². The molecular formula is C26H25ClF2N4O2S. The monoisotopic (exact) mass is 530 g/mol. The van der Waals surface area contributed by atoms with Crippen LogP contribution in [0.4, 0.5) is 8.78 Å². The summed E-state index contributed by atoms with van der Waals surface area (Å²) < 4.78 is 43.6. The number of hydrogen-bond donors (Lipinski definition) is 0. The first kappa shape index (κ1) is 27.3. The third-order valence-corrected chi connectivity index (χ3v) is 6.76. The van der Waals surface area contributed by atoms with Gasteiger partial charge < -0.3 is 0 Å². The van der Waals surface area contributed by atoms with Gasteiger partial charge in [0.25, 0.3) is 5.56 Å². The Balaban J connectivity index is 2.07. The first-order valence-corrected chi connectivity index (χ1v) is 12.9. The van der Waals surface area contributed by atoms with Crippen molar-refractivity contribution in [2.75, 3.05) is 6.26 Å². The predicted molar refractivity (Wildman–Crippen MR) is 140 cm³/mol. The largest absolute Gasteiger partial charge is 0.284 e. The Morgan fingerprint density at radius 1 is 1.31 bits per heavy atom. The van der Waals surface area contributed by atoms with Gasteiger partial charge >= 0.3 is 0 Å². The molecule has 0 aliphatic carbocycles. The van der Waals surface area contributed by atoms with Crippen molar-refractivity contribution in [3.05, 3.63) is 105 Å². The first-order valence-electron chi connectivity index (χ1n) is 11.0. The topological polar surface area (TPSA) is 77.2 Å². The van der Waals surface area contributed by atoms with Crippen LogP contribution >= 0.6 is 11.6 Å². The van der Waals surface area contributed by atoms with Gasteiger partial charge in [0.15, 0.2) is 5.83 Å². The number of aromatic nitrogens is 3. The maximum Gasteiger partial charge on any atom is 0.273 e. The number of pyridine rings is 1. The van der Waals surface area contributed by atoms with Crippen molar-refractivity contribution in [1.29, 1.82) is 0 Å². The average molecular weight is 531 g/mol. The molecule has 0 saturated carbocycles. The van der Waals surface area contributed by atoms with E-state index in [4.69, 9.17) is 11.6 Å². The molecule has 0 aliphatic heterocycles. The Hall–Kier alpha value is -3.30. The Morgan fingerprint density at radius 2 is 2.00 bits per heavy atom. The highest BCUT2D eigenvalue weighted by Crippen LogP contribution is 2.27. The molecule has 1 aromatic carbocycles. The zero-order valence-corrected chi connectivity index (χ0v) is 21.8. The van der Waals surface area contributed by atoms with Crippen LogP contribution in [0.5, 0.6) is 0 Å². The molecule has 36 heavy (non-hydrogen) atoms. The van der Waals surface area contributed by atoms with Crippen molar-refractivity contribution in [2.45, 2.75) is 38.0 Å².